The van der Waals surface area contributed by atoms with Gasteiger partial charge in [0, 0.05) is 25.0 Å². The number of nitrogens with one attached hydrogen (secondary N) is 1. The quantitative estimate of drug-likeness (QED) is 0.912. The van der Waals surface area contributed by atoms with Gasteiger partial charge in [0.1, 0.15) is 0 Å². The average Bonchev–Trinajstić information content (AvgIpc) is 2.83. The fourth-order valence-electron chi connectivity index (χ4n) is 1.70. The second-order valence-corrected chi connectivity index (χ2v) is 5.07. The highest BCUT2D eigenvalue weighted by atomic mass is 35.5. The largest absolute Gasteiger partial charge is 0.308 e. The van der Waals surface area contributed by atoms with Crippen LogP contribution in [0.5, 0.6) is 0 Å². The van der Waals surface area contributed by atoms with Crippen molar-refractivity contribution >= 4 is 23.2 Å². The molecule has 2 rings (SSSR count). The number of hydrogen-bond acceptors (Lipinski definition) is 2. The molecule has 0 aliphatic heterocycles. The van der Waals surface area contributed by atoms with E-state index in [1.807, 2.05) is 35.1 Å². The first-order valence-electron chi connectivity index (χ1n) is 5.80. The summed E-state index contributed by atoms with van der Waals surface area (Å²) in [5.74, 6) is 0. The number of benzene rings is 1. The second-order valence-electron chi connectivity index (χ2n) is 4.26. The Morgan fingerprint density at radius 2 is 2.17 bits per heavy atom. The lowest BCUT2D eigenvalue weighted by Gasteiger charge is -2.14. The Morgan fingerprint density at radius 1 is 1.33 bits per heavy atom. The molecule has 0 amide bonds. The molecule has 96 valence electrons. The number of nitrogens with zero attached hydrogens (tertiary/aromatic N) is 2. The molecule has 1 atom stereocenters. The average molecular weight is 284 g/mol. The molecular weight excluding hydrogens is 269 g/mol. The molecule has 0 radical (unpaired) electrons. The number of hydrogen-bond donors (Lipinski definition) is 1. The van der Waals surface area contributed by atoms with E-state index in [1.54, 1.807) is 6.20 Å². The molecule has 0 fully saturated rings. The molecule has 2 aromatic rings. The number of aromatic nitrogens is 2. The minimum Gasteiger partial charge on any atom is -0.308 e. The molecular formula is C13H15Cl2N3. The minimum absolute atomic E-state index is 0.333. The Kier molecular flexibility index (Phi) is 4.64. The van der Waals surface area contributed by atoms with Gasteiger partial charge in [0.2, 0.25) is 0 Å². The molecule has 1 N–H and O–H groups in total. The summed E-state index contributed by atoms with van der Waals surface area (Å²) in [6.45, 7) is 3.73. The lowest BCUT2D eigenvalue weighted by atomic mass is 10.2. The van der Waals surface area contributed by atoms with E-state index in [2.05, 4.69) is 17.3 Å². The van der Waals surface area contributed by atoms with Crippen LogP contribution in [0.25, 0.3) is 0 Å². The third-order valence-electron chi connectivity index (χ3n) is 2.66. The summed E-state index contributed by atoms with van der Waals surface area (Å²) >= 11 is 11.8. The van der Waals surface area contributed by atoms with Crippen LogP contribution in [0.3, 0.4) is 0 Å². The van der Waals surface area contributed by atoms with E-state index in [4.69, 9.17) is 23.2 Å². The van der Waals surface area contributed by atoms with Gasteiger partial charge in [-0.05, 0) is 30.7 Å². The Balaban J connectivity index is 1.85. The van der Waals surface area contributed by atoms with Gasteiger partial charge >= 0.3 is 0 Å². The van der Waals surface area contributed by atoms with Crippen LogP contribution in [0.15, 0.2) is 36.7 Å². The summed E-state index contributed by atoms with van der Waals surface area (Å²) < 4.78 is 1.91. The van der Waals surface area contributed by atoms with Crippen molar-refractivity contribution in [3.8, 4) is 0 Å². The summed E-state index contributed by atoms with van der Waals surface area (Å²) in [4.78, 5) is 0. The maximum absolute atomic E-state index is 5.97. The van der Waals surface area contributed by atoms with Crippen LogP contribution in [0.4, 0.5) is 0 Å². The fourth-order valence-corrected chi connectivity index (χ4v) is 2.02. The van der Waals surface area contributed by atoms with E-state index in [9.17, 15) is 0 Å². The summed E-state index contributed by atoms with van der Waals surface area (Å²) in [5.41, 5.74) is 1.12. The summed E-state index contributed by atoms with van der Waals surface area (Å²) in [5, 5.41) is 8.78. The lowest BCUT2D eigenvalue weighted by Crippen LogP contribution is -2.30. The SMILES string of the molecule is CC(Cn1cccn1)NCc1ccc(Cl)c(Cl)c1. The smallest absolute Gasteiger partial charge is 0.0595 e. The van der Waals surface area contributed by atoms with Crippen LogP contribution in [-0.4, -0.2) is 15.8 Å². The molecule has 0 aliphatic rings. The molecule has 1 heterocycles. The van der Waals surface area contributed by atoms with Crippen molar-refractivity contribution < 1.29 is 0 Å². The molecule has 1 aromatic carbocycles. The van der Waals surface area contributed by atoms with Crippen LogP contribution in [0.2, 0.25) is 10.0 Å². The van der Waals surface area contributed by atoms with Crippen molar-refractivity contribution in [3.63, 3.8) is 0 Å². The summed E-state index contributed by atoms with van der Waals surface area (Å²) in [7, 11) is 0. The van der Waals surface area contributed by atoms with Crippen LogP contribution in [0, 0.1) is 0 Å². The minimum atomic E-state index is 0.333. The van der Waals surface area contributed by atoms with E-state index >= 15 is 0 Å². The van der Waals surface area contributed by atoms with Crippen molar-refractivity contribution in [2.75, 3.05) is 0 Å². The molecule has 18 heavy (non-hydrogen) atoms. The van der Waals surface area contributed by atoms with E-state index in [1.165, 1.54) is 0 Å². The first kappa shape index (κ1) is 13.4. The summed E-state index contributed by atoms with van der Waals surface area (Å²) in [6, 6.07) is 7.93. The molecule has 3 nitrogen and oxygen atoms in total. The maximum atomic E-state index is 5.97. The van der Waals surface area contributed by atoms with Crippen LogP contribution >= 0.6 is 23.2 Å². The first-order chi connectivity index (χ1) is 8.65. The molecule has 1 aromatic heterocycles. The molecule has 0 saturated heterocycles. The highest BCUT2D eigenvalue weighted by molar-refractivity contribution is 6.42. The molecule has 5 heteroatoms. The second kappa shape index (κ2) is 6.23. The van der Waals surface area contributed by atoms with E-state index in [0.717, 1.165) is 18.7 Å². The van der Waals surface area contributed by atoms with Gasteiger partial charge in [0.05, 0.1) is 16.6 Å². The van der Waals surface area contributed by atoms with Gasteiger partial charge in [-0.25, -0.2) is 0 Å². The van der Waals surface area contributed by atoms with Crippen LogP contribution in [0.1, 0.15) is 12.5 Å². The Bertz CT molecular complexity index is 497. The van der Waals surface area contributed by atoms with Gasteiger partial charge in [-0.15, -0.1) is 0 Å². The van der Waals surface area contributed by atoms with E-state index in [0.29, 0.717) is 16.1 Å². The molecule has 1 unspecified atom stereocenters. The van der Waals surface area contributed by atoms with Crippen molar-refractivity contribution in [2.24, 2.45) is 0 Å². The van der Waals surface area contributed by atoms with Gasteiger partial charge in [-0.2, -0.15) is 5.10 Å². The topological polar surface area (TPSA) is 29.9 Å². The van der Waals surface area contributed by atoms with Crippen LogP contribution in [-0.2, 0) is 13.1 Å². The third-order valence-corrected chi connectivity index (χ3v) is 3.40. The highest BCUT2D eigenvalue weighted by Crippen LogP contribution is 2.22. The lowest BCUT2D eigenvalue weighted by molar-refractivity contribution is 0.451. The van der Waals surface area contributed by atoms with Crippen molar-refractivity contribution in [3.05, 3.63) is 52.3 Å². The number of halogens is 2. The molecule has 0 spiro atoms. The monoisotopic (exact) mass is 283 g/mol. The Morgan fingerprint density at radius 3 is 2.83 bits per heavy atom. The zero-order valence-electron chi connectivity index (χ0n) is 10.1. The highest BCUT2D eigenvalue weighted by Gasteiger charge is 2.04. The fraction of sp³-hybridized carbons (Fsp3) is 0.308. The van der Waals surface area contributed by atoms with Crippen molar-refractivity contribution in [1.82, 2.24) is 15.1 Å². The predicted molar refractivity (Wildman–Crippen MR) is 75.0 cm³/mol. The third kappa shape index (κ3) is 3.73. The van der Waals surface area contributed by atoms with E-state index in [-0.39, 0.29) is 0 Å². The normalized spacial score (nSPS) is 12.6. The summed E-state index contributed by atoms with van der Waals surface area (Å²) in [6.07, 6.45) is 3.74. The van der Waals surface area contributed by atoms with Crippen molar-refractivity contribution in [2.45, 2.75) is 26.1 Å². The van der Waals surface area contributed by atoms with Gasteiger partial charge in [0.25, 0.3) is 0 Å². The first-order valence-corrected chi connectivity index (χ1v) is 6.55. The Hall–Kier alpha value is -1.03. The number of rotatable bonds is 5. The van der Waals surface area contributed by atoms with Gasteiger partial charge < -0.3 is 5.32 Å². The van der Waals surface area contributed by atoms with E-state index < -0.39 is 0 Å². The zero-order valence-corrected chi connectivity index (χ0v) is 11.6. The van der Waals surface area contributed by atoms with Crippen LogP contribution < -0.4 is 5.32 Å². The van der Waals surface area contributed by atoms with Crippen molar-refractivity contribution in [1.29, 1.82) is 0 Å². The maximum Gasteiger partial charge on any atom is 0.0595 e. The van der Waals surface area contributed by atoms with Gasteiger partial charge in [-0.3, -0.25) is 4.68 Å². The standard InChI is InChI=1S/C13H15Cl2N3/c1-10(9-18-6-2-5-17-18)16-8-11-3-4-12(14)13(15)7-11/h2-7,10,16H,8-9H2,1H3. The molecule has 0 bridgehead atoms. The van der Waals surface area contributed by atoms with Gasteiger partial charge in [0.15, 0.2) is 0 Å². The van der Waals surface area contributed by atoms with Gasteiger partial charge in [-0.1, -0.05) is 29.3 Å². The molecule has 0 saturated carbocycles. The molecule has 0 aliphatic carbocycles. The Labute approximate surface area is 117 Å². The zero-order chi connectivity index (χ0) is 13.0. The predicted octanol–water partition coefficient (Wildman–Crippen LogP) is 3.37.